The van der Waals surface area contributed by atoms with E-state index in [9.17, 15) is 0 Å². The first kappa shape index (κ1) is 28.0. The zero-order valence-corrected chi connectivity index (χ0v) is 27.6. The number of aliphatic imine (C=N–C) groups is 2. The minimum Gasteiger partial charge on any atom is -0.320 e. The second-order valence-corrected chi connectivity index (χ2v) is 13.7. The summed E-state index contributed by atoms with van der Waals surface area (Å²) in [7, 11) is 2.11. The zero-order chi connectivity index (χ0) is 32.5. The topological polar surface area (TPSA) is 32.9 Å². The third-order valence-corrected chi connectivity index (χ3v) is 11.1. The van der Waals surface area contributed by atoms with Crippen LogP contribution in [0, 0.1) is 0 Å². The Hall–Kier alpha value is -6.04. The Morgan fingerprint density at radius 3 is 2.00 bits per heavy atom. The van der Waals surface area contributed by atoms with E-state index in [0.717, 1.165) is 33.8 Å². The third-order valence-electron chi connectivity index (χ3n) is 9.84. The molecule has 9 aromatic rings. The van der Waals surface area contributed by atoms with Crippen LogP contribution in [0.15, 0.2) is 168 Å². The Kier molecular flexibility index (Phi) is 6.30. The molecule has 0 bridgehead atoms. The summed E-state index contributed by atoms with van der Waals surface area (Å²) in [5.74, 6) is 1.62. The molecular weight excluding hydrogens is 617 g/mol. The highest BCUT2D eigenvalue weighted by Crippen LogP contribution is 2.44. The van der Waals surface area contributed by atoms with Crippen LogP contribution < -0.4 is 0 Å². The molecule has 0 radical (unpaired) electrons. The fourth-order valence-electron chi connectivity index (χ4n) is 7.50. The van der Waals surface area contributed by atoms with Gasteiger partial charge in [0.25, 0.3) is 0 Å². The Morgan fingerprint density at radius 1 is 0.510 bits per heavy atom. The predicted octanol–water partition coefficient (Wildman–Crippen LogP) is 11.3. The summed E-state index contributed by atoms with van der Waals surface area (Å²) >= 11 is 1.90. The number of nitrogens with zero attached hydrogens (tertiary/aromatic N) is 4. The quantitative estimate of drug-likeness (QED) is 0.187. The number of benzene rings is 7. The van der Waals surface area contributed by atoms with Gasteiger partial charge < -0.3 is 9.47 Å². The smallest absolute Gasteiger partial charge is 0.206 e. The van der Waals surface area contributed by atoms with Crippen LogP contribution in [0.1, 0.15) is 17.4 Å². The van der Waals surface area contributed by atoms with Gasteiger partial charge in [-0.1, -0.05) is 146 Å². The Balaban J connectivity index is 1.21. The lowest BCUT2D eigenvalue weighted by molar-refractivity contribution is 0.297. The summed E-state index contributed by atoms with van der Waals surface area (Å²) in [6.45, 7) is 0. The highest BCUT2D eigenvalue weighted by Gasteiger charge is 2.29. The van der Waals surface area contributed by atoms with Crippen molar-refractivity contribution >= 4 is 75.8 Å². The first-order valence-corrected chi connectivity index (χ1v) is 17.4. The molecule has 49 heavy (non-hydrogen) atoms. The summed E-state index contributed by atoms with van der Waals surface area (Å²) in [6, 6.07) is 56.4. The van der Waals surface area contributed by atoms with E-state index in [1.54, 1.807) is 0 Å². The van der Waals surface area contributed by atoms with Crippen LogP contribution in [0.5, 0.6) is 0 Å². The van der Waals surface area contributed by atoms with Crippen molar-refractivity contribution in [2.75, 3.05) is 7.05 Å². The molecule has 0 aliphatic carbocycles. The molecule has 3 heterocycles. The van der Waals surface area contributed by atoms with Gasteiger partial charge in [0.15, 0.2) is 5.84 Å². The molecule has 2 aromatic heterocycles. The monoisotopic (exact) mass is 646 g/mol. The van der Waals surface area contributed by atoms with Gasteiger partial charge in [-0.25, -0.2) is 9.98 Å². The summed E-state index contributed by atoms with van der Waals surface area (Å²) < 4.78 is 5.05. The van der Waals surface area contributed by atoms with Gasteiger partial charge in [0, 0.05) is 49.1 Å². The van der Waals surface area contributed by atoms with Crippen LogP contribution in [0.25, 0.3) is 63.9 Å². The molecule has 0 saturated carbocycles. The molecule has 4 nitrogen and oxygen atoms in total. The van der Waals surface area contributed by atoms with Crippen LogP contribution in [-0.4, -0.2) is 28.2 Å². The molecule has 5 heteroatoms. The number of hydrogen-bond acceptors (Lipinski definition) is 4. The number of aromatic nitrogens is 1. The van der Waals surface area contributed by atoms with Gasteiger partial charge in [-0.2, -0.15) is 0 Å². The van der Waals surface area contributed by atoms with Crippen molar-refractivity contribution in [1.82, 2.24) is 9.47 Å². The molecule has 0 N–H and O–H groups in total. The van der Waals surface area contributed by atoms with Gasteiger partial charge in [0.05, 0.1) is 11.0 Å². The second-order valence-electron chi connectivity index (χ2n) is 12.6. The van der Waals surface area contributed by atoms with E-state index in [4.69, 9.17) is 9.98 Å². The first-order valence-electron chi connectivity index (χ1n) is 16.6. The lowest BCUT2D eigenvalue weighted by atomic mass is 10.0. The molecule has 7 aromatic carbocycles. The molecule has 0 fully saturated rings. The van der Waals surface area contributed by atoms with Gasteiger partial charge in [0.2, 0.25) is 6.29 Å². The number of fused-ring (bicyclic) bond motifs is 8. The van der Waals surface area contributed by atoms with E-state index in [1.807, 2.05) is 35.6 Å². The first-order chi connectivity index (χ1) is 24.2. The maximum Gasteiger partial charge on any atom is 0.206 e. The van der Waals surface area contributed by atoms with Gasteiger partial charge in [-0.15, -0.1) is 11.3 Å². The number of para-hydroxylation sites is 1. The van der Waals surface area contributed by atoms with Crippen molar-refractivity contribution in [3.8, 4) is 11.1 Å². The maximum absolute atomic E-state index is 5.38. The lowest BCUT2D eigenvalue weighted by Crippen LogP contribution is -2.38. The zero-order valence-electron chi connectivity index (χ0n) is 26.8. The molecule has 0 amide bonds. The number of amidine groups is 2. The molecule has 1 atom stereocenters. The van der Waals surface area contributed by atoms with E-state index in [2.05, 4.69) is 150 Å². The van der Waals surface area contributed by atoms with Gasteiger partial charge in [-0.3, -0.25) is 0 Å². The fourth-order valence-corrected chi connectivity index (χ4v) is 8.87. The number of hydrogen-bond donors (Lipinski definition) is 0. The van der Waals surface area contributed by atoms with E-state index in [0.29, 0.717) is 0 Å². The minimum atomic E-state index is -0.355. The van der Waals surface area contributed by atoms with Crippen molar-refractivity contribution in [3.63, 3.8) is 0 Å². The van der Waals surface area contributed by atoms with Crippen molar-refractivity contribution < 1.29 is 0 Å². The standard InChI is InChI=1S/C44H30N4S/c1-47-43(30-16-6-3-7-17-30)45-42(29-14-4-2-5-15-29)46-44(47)48-38-22-11-10-19-34(38)35-25-24-31(27-39(35)48)33-20-12-21-36-37-26-23-28-13-8-9-18-32(28)40(37)49-41(33)36/h2-27,44H,1H3. The summed E-state index contributed by atoms with van der Waals surface area (Å²) in [5, 5.41) is 7.63. The van der Waals surface area contributed by atoms with Crippen molar-refractivity contribution in [2.45, 2.75) is 6.29 Å². The average molecular weight is 647 g/mol. The highest BCUT2D eigenvalue weighted by atomic mass is 32.1. The van der Waals surface area contributed by atoms with Crippen molar-refractivity contribution in [3.05, 3.63) is 169 Å². The molecule has 0 saturated heterocycles. The molecule has 1 aliphatic heterocycles. The fraction of sp³-hybridized carbons (Fsp3) is 0.0455. The molecule has 1 aliphatic rings. The normalized spacial score (nSPS) is 15.0. The lowest BCUT2D eigenvalue weighted by Gasteiger charge is -2.34. The summed E-state index contributed by atoms with van der Waals surface area (Å²) in [4.78, 5) is 12.7. The minimum absolute atomic E-state index is 0.355. The third kappa shape index (κ3) is 4.36. The largest absolute Gasteiger partial charge is 0.320 e. The predicted molar refractivity (Wildman–Crippen MR) is 208 cm³/mol. The Morgan fingerprint density at radius 2 is 1.16 bits per heavy atom. The van der Waals surface area contributed by atoms with E-state index in [1.165, 1.54) is 52.8 Å². The summed E-state index contributed by atoms with van der Waals surface area (Å²) in [5.41, 5.74) is 6.79. The average Bonchev–Trinajstić information content (AvgIpc) is 3.71. The highest BCUT2D eigenvalue weighted by molar-refractivity contribution is 7.27. The van der Waals surface area contributed by atoms with Crippen LogP contribution in [0.3, 0.4) is 0 Å². The molecule has 232 valence electrons. The SMILES string of the molecule is CN1C(c2ccccc2)=NC(c2ccccc2)=NC1n1c2ccccc2c2ccc(-c3cccc4c3sc3c5ccccc5ccc43)cc21. The van der Waals surface area contributed by atoms with Crippen molar-refractivity contribution in [1.29, 1.82) is 0 Å². The maximum atomic E-state index is 5.38. The number of rotatable bonds is 4. The summed E-state index contributed by atoms with van der Waals surface area (Å²) in [6.07, 6.45) is -0.355. The van der Waals surface area contributed by atoms with Gasteiger partial charge >= 0.3 is 0 Å². The van der Waals surface area contributed by atoms with Gasteiger partial charge in [0.1, 0.15) is 5.84 Å². The second kappa shape index (κ2) is 11.0. The Labute approximate surface area is 287 Å². The van der Waals surface area contributed by atoms with E-state index < -0.39 is 0 Å². The van der Waals surface area contributed by atoms with Crippen LogP contribution in [-0.2, 0) is 0 Å². The Bertz CT molecular complexity index is 2790. The van der Waals surface area contributed by atoms with Gasteiger partial charge in [-0.05, 0) is 34.0 Å². The molecule has 10 rings (SSSR count). The molecular formula is C44H30N4S. The van der Waals surface area contributed by atoms with Crippen LogP contribution in [0.2, 0.25) is 0 Å². The van der Waals surface area contributed by atoms with Crippen LogP contribution in [0.4, 0.5) is 0 Å². The molecule has 0 spiro atoms. The number of thiophene rings is 1. The van der Waals surface area contributed by atoms with E-state index in [-0.39, 0.29) is 6.29 Å². The van der Waals surface area contributed by atoms with Crippen molar-refractivity contribution in [2.24, 2.45) is 9.98 Å². The van der Waals surface area contributed by atoms with E-state index >= 15 is 0 Å². The molecule has 1 unspecified atom stereocenters. The van der Waals surface area contributed by atoms with Crippen LogP contribution >= 0.6 is 11.3 Å².